The molecule has 3 N–H and O–H groups in total. The van der Waals surface area contributed by atoms with Gasteiger partial charge in [-0.05, 0) is 0 Å². The Kier molecular flexibility index (Phi) is 3.97. The monoisotopic (exact) mass is 345 g/mol. The Morgan fingerprint density at radius 1 is 1.12 bits per heavy atom. The molecular weight excluding hydrogens is 329 g/mol. The predicted molar refractivity (Wildman–Crippen MR) is 85.9 cm³/mol. The highest BCUT2D eigenvalue weighted by atomic mass is 19.1. The van der Waals surface area contributed by atoms with E-state index in [4.69, 9.17) is 4.74 Å². The van der Waals surface area contributed by atoms with Gasteiger partial charge in [-0.2, -0.15) is 0 Å². The highest BCUT2D eigenvalue weighted by molar-refractivity contribution is 5.91. The molecule has 1 fully saturated rings. The molecule has 0 aliphatic carbocycles. The SMILES string of the molecule is OCC1O[C@@H](n2cc(F)c3c(-c4ccccc4)ncnc32)[C@@H](O)[C@H]1O. The van der Waals surface area contributed by atoms with Crippen molar-refractivity contribution >= 4 is 11.0 Å². The molecule has 0 saturated carbocycles. The Labute approximate surface area is 142 Å². The van der Waals surface area contributed by atoms with Gasteiger partial charge in [-0.25, -0.2) is 14.4 Å². The van der Waals surface area contributed by atoms with Gasteiger partial charge in [0.1, 0.15) is 30.3 Å². The Bertz CT molecular complexity index is 902. The number of nitrogens with zero attached hydrogens (tertiary/aromatic N) is 3. The average molecular weight is 345 g/mol. The zero-order valence-electron chi connectivity index (χ0n) is 13.0. The summed E-state index contributed by atoms with van der Waals surface area (Å²) in [4.78, 5) is 8.31. The molecule has 0 spiro atoms. The molecule has 1 saturated heterocycles. The van der Waals surface area contributed by atoms with Crippen molar-refractivity contribution in [3.8, 4) is 11.3 Å². The number of aromatic nitrogens is 3. The van der Waals surface area contributed by atoms with E-state index < -0.39 is 37.0 Å². The van der Waals surface area contributed by atoms with E-state index in [1.165, 1.54) is 10.9 Å². The summed E-state index contributed by atoms with van der Waals surface area (Å²) in [6.07, 6.45) is -2.13. The lowest BCUT2D eigenvalue weighted by molar-refractivity contribution is -0.0510. The van der Waals surface area contributed by atoms with Crippen molar-refractivity contribution in [1.82, 2.24) is 14.5 Å². The van der Waals surface area contributed by atoms with Crippen LogP contribution in [-0.2, 0) is 4.74 Å². The smallest absolute Gasteiger partial charge is 0.164 e. The second kappa shape index (κ2) is 6.16. The van der Waals surface area contributed by atoms with Crippen LogP contribution in [0, 0.1) is 5.82 Å². The maximum Gasteiger partial charge on any atom is 0.164 e. The lowest BCUT2D eigenvalue weighted by Crippen LogP contribution is -2.33. The van der Waals surface area contributed by atoms with Crippen LogP contribution in [0.5, 0.6) is 0 Å². The van der Waals surface area contributed by atoms with E-state index in [0.29, 0.717) is 5.69 Å². The van der Waals surface area contributed by atoms with Crippen molar-refractivity contribution < 1.29 is 24.4 Å². The molecule has 130 valence electrons. The molecule has 3 heterocycles. The molecule has 2 aromatic heterocycles. The molecule has 8 heteroatoms. The first kappa shape index (κ1) is 16.1. The molecule has 25 heavy (non-hydrogen) atoms. The molecule has 1 aromatic carbocycles. The molecule has 7 nitrogen and oxygen atoms in total. The molecule has 1 aliphatic heterocycles. The van der Waals surface area contributed by atoms with E-state index in [9.17, 15) is 19.7 Å². The van der Waals surface area contributed by atoms with Gasteiger partial charge in [0, 0.05) is 11.8 Å². The molecule has 1 aliphatic rings. The number of aliphatic hydroxyl groups is 3. The first-order valence-electron chi connectivity index (χ1n) is 7.80. The maximum absolute atomic E-state index is 14.7. The quantitative estimate of drug-likeness (QED) is 0.651. The largest absolute Gasteiger partial charge is 0.394 e. The summed E-state index contributed by atoms with van der Waals surface area (Å²) in [5.74, 6) is -0.563. The minimum absolute atomic E-state index is 0.200. The Hall–Kier alpha value is -2.39. The lowest BCUT2D eigenvalue weighted by Gasteiger charge is -2.17. The van der Waals surface area contributed by atoms with Crippen molar-refractivity contribution in [2.24, 2.45) is 0 Å². The Morgan fingerprint density at radius 3 is 2.56 bits per heavy atom. The van der Waals surface area contributed by atoms with Crippen LogP contribution in [-0.4, -0.2) is 54.8 Å². The van der Waals surface area contributed by atoms with E-state index in [2.05, 4.69) is 9.97 Å². The molecule has 1 unspecified atom stereocenters. The molecule has 0 bridgehead atoms. The van der Waals surface area contributed by atoms with Crippen LogP contribution < -0.4 is 0 Å². The number of fused-ring (bicyclic) bond motifs is 1. The van der Waals surface area contributed by atoms with Gasteiger partial charge in [0.2, 0.25) is 0 Å². The number of rotatable bonds is 3. The summed E-state index contributed by atoms with van der Waals surface area (Å²) < 4.78 is 21.5. The third kappa shape index (κ3) is 2.50. The molecule has 4 rings (SSSR count). The number of benzene rings is 1. The van der Waals surface area contributed by atoms with Crippen molar-refractivity contribution in [2.75, 3.05) is 6.61 Å². The van der Waals surface area contributed by atoms with Crippen LogP contribution in [0.3, 0.4) is 0 Å². The van der Waals surface area contributed by atoms with Crippen LogP contribution >= 0.6 is 0 Å². The second-order valence-corrected chi connectivity index (χ2v) is 5.90. The van der Waals surface area contributed by atoms with E-state index in [1.807, 2.05) is 30.3 Å². The summed E-state index contributed by atoms with van der Waals surface area (Å²) in [6.45, 7) is -0.458. The minimum Gasteiger partial charge on any atom is -0.394 e. The minimum atomic E-state index is -1.32. The van der Waals surface area contributed by atoms with Gasteiger partial charge >= 0.3 is 0 Å². The molecule has 0 radical (unpaired) electrons. The standard InChI is InChI=1S/C17H16FN3O4/c18-10-6-21(17-15(24)14(23)11(7-22)25-17)16-12(10)13(19-8-20-16)9-4-2-1-3-5-9/h1-6,8,11,14-15,17,22-24H,7H2/t11?,14-,15-,17+/m0/s1. The zero-order chi connectivity index (χ0) is 17.6. The number of ether oxygens (including phenoxy) is 1. The normalized spacial score (nSPS) is 26.4. The Morgan fingerprint density at radius 2 is 1.88 bits per heavy atom. The summed E-state index contributed by atoms with van der Waals surface area (Å²) in [7, 11) is 0. The van der Waals surface area contributed by atoms with Gasteiger partial charge in [-0.15, -0.1) is 0 Å². The van der Waals surface area contributed by atoms with Crippen LogP contribution in [0.2, 0.25) is 0 Å². The van der Waals surface area contributed by atoms with Crippen molar-refractivity contribution in [3.05, 3.63) is 48.7 Å². The first-order valence-corrected chi connectivity index (χ1v) is 7.80. The molecular formula is C17H16FN3O4. The first-order chi connectivity index (χ1) is 12.1. The maximum atomic E-state index is 14.7. The van der Waals surface area contributed by atoms with Crippen LogP contribution in [0.1, 0.15) is 6.23 Å². The Balaban J connectivity index is 1.86. The van der Waals surface area contributed by atoms with Crippen LogP contribution in [0.15, 0.2) is 42.9 Å². The molecule has 3 aromatic rings. The second-order valence-electron chi connectivity index (χ2n) is 5.90. The van der Waals surface area contributed by atoms with Gasteiger partial charge in [-0.1, -0.05) is 30.3 Å². The number of aliphatic hydroxyl groups excluding tert-OH is 3. The summed E-state index contributed by atoms with van der Waals surface area (Å²) in [6, 6.07) is 9.12. The fraction of sp³-hybridized carbons (Fsp3) is 0.294. The number of halogens is 1. The zero-order valence-corrected chi connectivity index (χ0v) is 13.0. The van der Waals surface area contributed by atoms with E-state index in [0.717, 1.165) is 11.8 Å². The molecule has 4 atom stereocenters. The lowest BCUT2D eigenvalue weighted by atomic mass is 10.1. The van der Waals surface area contributed by atoms with Crippen molar-refractivity contribution in [1.29, 1.82) is 0 Å². The van der Waals surface area contributed by atoms with Crippen molar-refractivity contribution in [2.45, 2.75) is 24.5 Å². The van der Waals surface area contributed by atoms with Gasteiger partial charge in [0.15, 0.2) is 12.0 Å². The number of hydrogen-bond donors (Lipinski definition) is 3. The predicted octanol–water partition coefficient (Wildman–Crippen LogP) is 0.849. The topological polar surface area (TPSA) is 101 Å². The summed E-state index contributed by atoms with van der Waals surface area (Å²) in [5, 5.41) is 29.5. The summed E-state index contributed by atoms with van der Waals surface area (Å²) in [5.41, 5.74) is 1.39. The van der Waals surface area contributed by atoms with Gasteiger partial charge in [-0.3, -0.25) is 0 Å². The van der Waals surface area contributed by atoms with Crippen molar-refractivity contribution in [3.63, 3.8) is 0 Å². The van der Waals surface area contributed by atoms with E-state index in [-0.39, 0.29) is 11.0 Å². The van der Waals surface area contributed by atoms with Gasteiger partial charge in [0.25, 0.3) is 0 Å². The van der Waals surface area contributed by atoms with E-state index >= 15 is 0 Å². The van der Waals surface area contributed by atoms with Gasteiger partial charge in [0.05, 0.1) is 17.7 Å². The molecule has 0 amide bonds. The van der Waals surface area contributed by atoms with Crippen LogP contribution in [0.25, 0.3) is 22.3 Å². The summed E-state index contributed by atoms with van der Waals surface area (Å²) >= 11 is 0. The third-order valence-electron chi connectivity index (χ3n) is 4.40. The average Bonchev–Trinajstić information content (AvgIpc) is 3.13. The fourth-order valence-electron chi connectivity index (χ4n) is 3.16. The highest BCUT2D eigenvalue weighted by Crippen LogP contribution is 2.35. The highest BCUT2D eigenvalue weighted by Gasteiger charge is 2.44. The fourth-order valence-corrected chi connectivity index (χ4v) is 3.16. The van der Waals surface area contributed by atoms with E-state index in [1.54, 1.807) is 0 Å². The van der Waals surface area contributed by atoms with Gasteiger partial charge < -0.3 is 24.6 Å². The third-order valence-corrected chi connectivity index (χ3v) is 4.40. The van der Waals surface area contributed by atoms with Crippen LogP contribution in [0.4, 0.5) is 4.39 Å². The number of hydrogen-bond acceptors (Lipinski definition) is 6.